The zero-order valence-electron chi connectivity index (χ0n) is 9.58. The summed E-state index contributed by atoms with van der Waals surface area (Å²) >= 11 is 0. The van der Waals surface area contributed by atoms with E-state index in [0.717, 1.165) is 11.3 Å². The predicted molar refractivity (Wildman–Crippen MR) is 64.1 cm³/mol. The molecule has 0 atom stereocenters. The molecule has 0 fully saturated rings. The van der Waals surface area contributed by atoms with Gasteiger partial charge in [-0.15, -0.1) is 0 Å². The first-order chi connectivity index (χ1) is 8.29. The molecule has 17 heavy (non-hydrogen) atoms. The van der Waals surface area contributed by atoms with Gasteiger partial charge in [-0.25, -0.2) is 0 Å². The lowest BCUT2D eigenvalue weighted by Gasteiger charge is -2.06. The second-order valence-corrected chi connectivity index (χ2v) is 3.73. The number of hydrogen-bond donors (Lipinski definition) is 0. The molecular formula is C13H13N3O. The molecule has 0 bridgehead atoms. The molecule has 0 aliphatic heterocycles. The van der Waals surface area contributed by atoms with E-state index < -0.39 is 0 Å². The van der Waals surface area contributed by atoms with Gasteiger partial charge in [0.2, 0.25) is 6.41 Å². The van der Waals surface area contributed by atoms with E-state index in [1.54, 1.807) is 6.07 Å². The molecule has 0 aliphatic carbocycles. The van der Waals surface area contributed by atoms with Crippen LogP contribution in [0.15, 0.2) is 47.7 Å². The molecule has 2 rings (SSSR count). The summed E-state index contributed by atoms with van der Waals surface area (Å²) in [6, 6.07) is 9.55. The van der Waals surface area contributed by atoms with Gasteiger partial charge in [0, 0.05) is 18.1 Å². The van der Waals surface area contributed by atoms with Crippen molar-refractivity contribution in [2.45, 2.75) is 13.5 Å². The van der Waals surface area contributed by atoms with Crippen LogP contribution in [0, 0.1) is 6.92 Å². The van der Waals surface area contributed by atoms with E-state index in [1.807, 2.05) is 48.1 Å². The third-order valence-electron chi connectivity index (χ3n) is 2.43. The van der Waals surface area contributed by atoms with Crippen LogP contribution in [0.25, 0.3) is 0 Å². The summed E-state index contributed by atoms with van der Waals surface area (Å²) in [6.07, 6.45) is 4.28. The average Bonchev–Trinajstić information content (AvgIpc) is 2.35. The van der Waals surface area contributed by atoms with Crippen molar-refractivity contribution in [1.29, 1.82) is 0 Å². The Morgan fingerprint density at radius 2 is 2.24 bits per heavy atom. The van der Waals surface area contributed by atoms with E-state index in [0.29, 0.717) is 18.4 Å². The molecule has 4 heteroatoms. The van der Waals surface area contributed by atoms with E-state index in [-0.39, 0.29) is 0 Å². The molecule has 0 aromatic carbocycles. The molecule has 0 saturated heterocycles. The summed E-state index contributed by atoms with van der Waals surface area (Å²) in [5.41, 5.74) is 2.71. The van der Waals surface area contributed by atoms with Crippen molar-refractivity contribution in [2.75, 3.05) is 0 Å². The van der Waals surface area contributed by atoms with Crippen molar-refractivity contribution in [2.24, 2.45) is 4.99 Å². The van der Waals surface area contributed by atoms with Gasteiger partial charge in [-0.3, -0.25) is 9.78 Å². The molecule has 2 heterocycles. The van der Waals surface area contributed by atoms with Gasteiger partial charge in [0.05, 0.1) is 6.54 Å². The number of rotatable bonds is 3. The highest BCUT2D eigenvalue weighted by Crippen LogP contribution is 2.00. The molecule has 0 saturated carbocycles. The number of carbonyl (C=O) groups is 1. The molecule has 0 unspecified atom stereocenters. The molecule has 2 aromatic rings. The third-order valence-corrected chi connectivity index (χ3v) is 2.43. The summed E-state index contributed by atoms with van der Waals surface area (Å²) in [7, 11) is 0. The van der Waals surface area contributed by atoms with Gasteiger partial charge in [0.25, 0.3) is 0 Å². The standard InChI is InChI=1S/C13H13N3O/c1-11-5-6-12(8-14-11)9-16-7-3-2-4-13(16)15-10-17/h2-8,10H,9H2,1H3/b15-13+. The second kappa shape index (κ2) is 5.21. The average molecular weight is 227 g/mol. The van der Waals surface area contributed by atoms with Crippen LogP contribution in [0.2, 0.25) is 0 Å². The van der Waals surface area contributed by atoms with Crippen molar-refractivity contribution in [3.05, 3.63) is 59.5 Å². The minimum Gasteiger partial charge on any atom is -0.328 e. The van der Waals surface area contributed by atoms with Crippen LogP contribution >= 0.6 is 0 Å². The maximum absolute atomic E-state index is 10.4. The van der Waals surface area contributed by atoms with E-state index in [1.165, 1.54) is 0 Å². The number of amides is 1. The number of carbonyl (C=O) groups excluding carboxylic acids is 1. The SMILES string of the molecule is Cc1ccc(Cn2cccc/c2=N\C=O)cn1. The molecule has 0 spiro atoms. The van der Waals surface area contributed by atoms with E-state index in [4.69, 9.17) is 0 Å². The van der Waals surface area contributed by atoms with Crippen LogP contribution in [0.3, 0.4) is 0 Å². The normalized spacial score (nSPS) is 11.5. The van der Waals surface area contributed by atoms with Gasteiger partial charge in [-0.1, -0.05) is 12.1 Å². The monoisotopic (exact) mass is 227 g/mol. The third kappa shape index (κ3) is 2.87. The van der Waals surface area contributed by atoms with Gasteiger partial charge < -0.3 is 4.57 Å². The fourth-order valence-electron chi connectivity index (χ4n) is 1.56. The van der Waals surface area contributed by atoms with Crippen molar-refractivity contribution in [1.82, 2.24) is 9.55 Å². The lowest BCUT2D eigenvalue weighted by molar-refractivity contribution is -0.107. The molecule has 0 N–H and O–H groups in total. The minimum absolute atomic E-state index is 0.555. The number of hydrogen-bond acceptors (Lipinski definition) is 2. The van der Waals surface area contributed by atoms with Gasteiger partial charge in [0.15, 0.2) is 0 Å². The van der Waals surface area contributed by atoms with Gasteiger partial charge in [-0.2, -0.15) is 4.99 Å². The van der Waals surface area contributed by atoms with Gasteiger partial charge >= 0.3 is 0 Å². The van der Waals surface area contributed by atoms with Crippen LogP contribution in [-0.2, 0) is 11.3 Å². The minimum atomic E-state index is 0.555. The van der Waals surface area contributed by atoms with Crippen LogP contribution in [-0.4, -0.2) is 16.0 Å². The lowest BCUT2D eigenvalue weighted by atomic mass is 10.2. The fraction of sp³-hybridized carbons (Fsp3) is 0.154. The van der Waals surface area contributed by atoms with E-state index >= 15 is 0 Å². The molecule has 2 aromatic heterocycles. The fourth-order valence-corrected chi connectivity index (χ4v) is 1.56. The summed E-state index contributed by atoms with van der Waals surface area (Å²) in [4.78, 5) is 18.5. The van der Waals surface area contributed by atoms with Gasteiger partial charge in [-0.05, 0) is 30.7 Å². The van der Waals surface area contributed by atoms with Gasteiger partial charge in [0.1, 0.15) is 5.49 Å². The van der Waals surface area contributed by atoms with Crippen molar-refractivity contribution in [3.8, 4) is 0 Å². The predicted octanol–water partition coefficient (Wildman–Crippen LogP) is 1.30. The lowest BCUT2D eigenvalue weighted by Crippen LogP contribution is -2.20. The highest BCUT2D eigenvalue weighted by molar-refractivity contribution is 5.47. The Labute approximate surface area is 99.3 Å². The van der Waals surface area contributed by atoms with Crippen LogP contribution in [0.1, 0.15) is 11.3 Å². The van der Waals surface area contributed by atoms with E-state index in [2.05, 4.69) is 9.98 Å². The Hall–Kier alpha value is -2.23. The Kier molecular flexibility index (Phi) is 3.45. The Morgan fingerprint density at radius 1 is 1.35 bits per heavy atom. The first-order valence-corrected chi connectivity index (χ1v) is 5.34. The van der Waals surface area contributed by atoms with Crippen LogP contribution in [0.4, 0.5) is 0 Å². The first-order valence-electron chi connectivity index (χ1n) is 5.34. The zero-order valence-corrected chi connectivity index (χ0v) is 9.58. The number of aromatic nitrogens is 2. The number of nitrogens with zero attached hydrogens (tertiary/aromatic N) is 3. The summed E-state index contributed by atoms with van der Waals surface area (Å²) in [6.45, 7) is 2.60. The molecule has 4 nitrogen and oxygen atoms in total. The summed E-state index contributed by atoms with van der Waals surface area (Å²) < 4.78 is 1.90. The van der Waals surface area contributed by atoms with Crippen LogP contribution in [0.5, 0.6) is 0 Å². The zero-order chi connectivity index (χ0) is 12.1. The molecule has 1 amide bonds. The van der Waals surface area contributed by atoms with Crippen molar-refractivity contribution in [3.63, 3.8) is 0 Å². The first kappa shape index (κ1) is 11.3. The number of aryl methyl sites for hydroxylation is 1. The second-order valence-electron chi connectivity index (χ2n) is 3.73. The number of pyridine rings is 2. The topological polar surface area (TPSA) is 47.2 Å². The highest BCUT2D eigenvalue weighted by atomic mass is 16.1. The van der Waals surface area contributed by atoms with Crippen molar-refractivity contribution < 1.29 is 4.79 Å². The quantitative estimate of drug-likeness (QED) is 0.742. The largest absolute Gasteiger partial charge is 0.328 e. The smallest absolute Gasteiger partial charge is 0.234 e. The molecular weight excluding hydrogens is 214 g/mol. The van der Waals surface area contributed by atoms with Crippen molar-refractivity contribution >= 4 is 6.41 Å². The Bertz CT molecular complexity index is 570. The van der Waals surface area contributed by atoms with E-state index in [9.17, 15) is 4.79 Å². The Balaban J connectivity index is 2.33. The summed E-state index contributed by atoms with van der Waals surface area (Å²) in [5.74, 6) is 0. The summed E-state index contributed by atoms with van der Waals surface area (Å²) in [5, 5.41) is 0. The maximum atomic E-state index is 10.4. The molecule has 0 aliphatic rings. The highest BCUT2D eigenvalue weighted by Gasteiger charge is 1.96. The molecule has 86 valence electrons. The molecule has 0 radical (unpaired) electrons. The Morgan fingerprint density at radius 3 is 2.94 bits per heavy atom. The van der Waals surface area contributed by atoms with Crippen LogP contribution < -0.4 is 5.49 Å². The maximum Gasteiger partial charge on any atom is 0.234 e.